The predicted octanol–water partition coefficient (Wildman–Crippen LogP) is 3.15. The minimum atomic E-state index is -3.09. The average Bonchev–Trinajstić information content (AvgIpc) is 3.20. The van der Waals surface area contributed by atoms with Gasteiger partial charge in [-0.2, -0.15) is 0 Å². The van der Waals surface area contributed by atoms with Crippen molar-refractivity contribution >= 4 is 44.9 Å². The molecule has 3 aromatic rings. The van der Waals surface area contributed by atoms with E-state index in [1.165, 1.54) is 0 Å². The summed E-state index contributed by atoms with van der Waals surface area (Å²) in [7, 11) is -3.09. The second kappa shape index (κ2) is 11.6. The highest BCUT2D eigenvalue weighted by Crippen LogP contribution is 2.33. The molecule has 12 heteroatoms. The molecule has 1 aromatic heterocycles. The number of amides is 2. The molecule has 2 amide bonds. The zero-order chi connectivity index (χ0) is 27.4. The number of carbonyl (C=O) groups is 2. The van der Waals surface area contributed by atoms with Gasteiger partial charge in [-0.05, 0) is 49.4 Å². The first-order valence-electron chi connectivity index (χ1n) is 11.7. The normalized spacial score (nSPS) is 14.9. The van der Waals surface area contributed by atoms with Gasteiger partial charge in [-0.25, -0.2) is 18.4 Å². The summed E-state index contributed by atoms with van der Waals surface area (Å²) in [6.07, 6.45) is 0.570. The molecule has 1 saturated heterocycles. The fourth-order valence-electron chi connectivity index (χ4n) is 3.95. The van der Waals surface area contributed by atoms with Crippen molar-refractivity contribution < 1.29 is 18.0 Å². The van der Waals surface area contributed by atoms with Crippen LogP contribution in [-0.4, -0.2) is 59.4 Å². The maximum Gasteiger partial charge on any atom is 0.286 e. The SMILES string of the molecule is Cc1c(C(=O)NN2CCS(=O)(=O)CC2)nc(-c2ccc(Cl)cc2Cl)n1-c1ccc(C#CCCC(N)=O)cc1. The van der Waals surface area contributed by atoms with Crippen LogP contribution in [0.4, 0.5) is 0 Å². The predicted molar refractivity (Wildman–Crippen MR) is 147 cm³/mol. The molecular weight excluding hydrogens is 549 g/mol. The molecule has 0 aliphatic carbocycles. The molecule has 38 heavy (non-hydrogen) atoms. The number of hydrogen-bond acceptors (Lipinski definition) is 6. The summed E-state index contributed by atoms with van der Waals surface area (Å²) in [4.78, 5) is 28.8. The number of halogens is 2. The molecule has 2 aromatic carbocycles. The van der Waals surface area contributed by atoms with E-state index in [-0.39, 0.29) is 36.7 Å². The molecule has 0 atom stereocenters. The Bertz CT molecular complexity index is 1540. The third-order valence-corrected chi connectivity index (χ3v) is 8.11. The lowest BCUT2D eigenvalue weighted by Gasteiger charge is -2.26. The van der Waals surface area contributed by atoms with Crippen molar-refractivity contribution in [2.75, 3.05) is 24.6 Å². The van der Waals surface area contributed by atoms with Crippen LogP contribution < -0.4 is 11.2 Å². The van der Waals surface area contributed by atoms with Gasteiger partial charge in [-0.15, -0.1) is 0 Å². The highest BCUT2D eigenvalue weighted by Gasteiger charge is 2.27. The van der Waals surface area contributed by atoms with Crippen LogP contribution >= 0.6 is 23.2 Å². The second-order valence-corrected chi connectivity index (χ2v) is 11.9. The quantitative estimate of drug-likeness (QED) is 0.436. The first kappa shape index (κ1) is 27.7. The van der Waals surface area contributed by atoms with E-state index in [4.69, 9.17) is 28.9 Å². The molecular formula is C26H25Cl2N5O4S. The number of hydrazine groups is 1. The number of rotatable bonds is 6. The number of nitrogens with one attached hydrogen (secondary N) is 1. The average molecular weight is 574 g/mol. The summed E-state index contributed by atoms with van der Waals surface area (Å²) in [5, 5.41) is 2.42. The van der Waals surface area contributed by atoms with Crippen LogP contribution in [0.3, 0.4) is 0 Å². The molecule has 1 fully saturated rings. The second-order valence-electron chi connectivity index (χ2n) is 8.72. The van der Waals surface area contributed by atoms with Crippen LogP contribution in [0.15, 0.2) is 42.5 Å². The molecule has 3 N–H and O–H groups in total. The van der Waals surface area contributed by atoms with Gasteiger partial charge in [0.25, 0.3) is 5.91 Å². The first-order chi connectivity index (χ1) is 18.0. The third-order valence-electron chi connectivity index (χ3n) is 5.95. The molecule has 1 aliphatic rings. The Balaban J connectivity index is 1.69. The molecule has 0 saturated carbocycles. The molecule has 0 spiro atoms. The summed E-state index contributed by atoms with van der Waals surface area (Å²) in [6.45, 7) is 2.17. The Hall–Kier alpha value is -3.36. The molecule has 0 unspecified atom stereocenters. The van der Waals surface area contributed by atoms with Gasteiger partial charge in [0, 0.05) is 47.8 Å². The zero-order valence-corrected chi connectivity index (χ0v) is 22.8. The van der Waals surface area contributed by atoms with Gasteiger partial charge in [-0.1, -0.05) is 35.0 Å². The van der Waals surface area contributed by atoms with Gasteiger partial charge < -0.3 is 5.73 Å². The van der Waals surface area contributed by atoms with Crippen molar-refractivity contribution in [3.63, 3.8) is 0 Å². The molecule has 198 valence electrons. The van der Waals surface area contributed by atoms with E-state index in [1.807, 2.05) is 28.8 Å². The maximum atomic E-state index is 13.2. The lowest BCUT2D eigenvalue weighted by molar-refractivity contribution is -0.117. The van der Waals surface area contributed by atoms with E-state index in [0.29, 0.717) is 33.5 Å². The van der Waals surface area contributed by atoms with Crippen LogP contribution in [0.25, 0.3) is 17.1 Å². The smallest absolute Gasteiger partial charge is 0.286 e. The van der Waals surface area contributed by atoms with Gasteiger partial charge >= 0.3 is 0 Å². The van der Waals surface area contributed by atoms with Gasteiger partial charge in [0.2, 0.25) is 5.91 Å². The molecule has 0 bridgehead atoms. The minimum Gasteiger partial charge on any atom is -0.370 e. The van der Waals surface area contributed by atoms with Crippen molar-refractivity contribution in [1.82, 2.24) is 20.0 Å². The van der Waals surface area contributed by atoms with Gasteiger partial charge in [0.05, 0.1) is 22.2 Å². The van der Waals surface area contributed by atoms with Crippen molar-refractivity contribution in [1.29, 1.82) is 0 Å². The fourth-order valence-corrected chi connectivity index (χ4v) is 5.64. The standard InChI is InChI=1S/C26H25Cl2N5O4S/c1-17-24(26(35)31-32-12-14-38(36,37)15-13-32)30-25(21-11-8-19(27)16-22(21)28)33(17)20-9-6-18(7-10-20)4-2-3-5-23(29)34/h6-11,16H,3,5,12-15H2,1H3,(H2,29,34)(H,31,35). The lowest BCUT2D eigenvalue weighted by atomic mass is 10.1. The first-order valence-corrected chi connectivity index (χ1v) is 14.3. The summed E-state index contributed by atoms with van der Waals surface area (Å²) < 4.78 is 25.3. The summed E-state index contributed by atoms with van der Waals surface area (Å²) in [6, 6.07) is 12.4. The van der Waals surface area contributed by atoms with Gasteiger partial charge in [-0.3, -0.25) is 19.6 Å². The Labute approximate surface area is 230 Å². The summed E-state index contributed by atoms with van der Waals surface area (Å²) >= 11 is 12.6. The Morgan fingerprint density at radius 3 is 2.42 bits per heavy atom. The number of benzene rings is 2. The van der Waals surface area contributed by atoms with Crippen LogP contribution in [0.5, 0.6) is 0 Å². The Kier molecular flexibility index (Phi) is 8.43. The fraction of sp³-hybridized carbons (Fsp3) is 0.269. The monoisotopic (exact) mass is 573 g/mol. The van der Waals surface area contributed by atoms with E-state index in [9.17, 15) is 18.0 Å². The molecule has 0 radical (unpaired) electrons. The Morgan fingerprint density at radius 1 is 1.11 bits per heavy atom. The summed E-state index contributed by atoms with van der Waals surface area (Å²) in [5.74, 6) is 5.46. The maximum absolute atomic E-state index is 13.2. The van der Waals surface area contributed by atoms with E-state index in [1.54, 1.807) is 30.1 Å². The lowest BCUT2D eigenvalue weighted by Crippen LogP contribution is -2.50. The number of nitrogens with two attached hydrogens (primary N) is 1. The van der Waals surface area contributed by atoms with E-state index in [0.717, 1.165) is 11.3 Å². The van der Waals surface area contributed by atoms with Crippen LogP contribution in [0.1, 0.15) is 34.6 Å². The van der Waals surface area contributed by atoms with Crippen LogP contribution in [-0.2, 0) is 14.6 Å². The third kappa shape index (κ3) is 6.55. The number of primary amides is 1. The Morgan fingerprint density at radius 2 is 1.79 bits per heavy atom. The van der Waals surface area contributed by atoms with Crippen molar-refractivity contribution in [3.8, 4) is 28.9 Å². The number of carbonyl (C=O) groups excluding carboxylic acids is 2. The van der Waals surface area contributed by atoms with Crippen molar-refractivity contribution in [2.24, 2.45) is 5.73 Å². The van der Waals surface area contributed by atoms with Crippen LogP contribution in [0.2, 0.25) is 10.0 Å². The largest absolute Gasteiger partial charge is 0.370 e. The number of nitrogens with zero attached hydrogens (tertiary/aromatic N) is 3. The van der Waals surface area contributed by atoms with Crippen LogP contribution in [0, 0.1) is 18.8 Å². The highest BCUT2D eigenvalue weighted by atomic mass is 35.5. The van der Waals surface area contributed by atoms with E-state index >= 15 is 0 Å². The zero-order valence-electron chi connectivity index (χ0n) is 20.5. The molecule has 9 nitrogen and oxygen atoms in total. The van der Waals surface area contributed by atoms with Gasteiger partial charge in [0.15, 0.2) is 15.5 Å². The van der Waals surface area contributed by atoms with Crippen molar-refractivity contribution in [3.05, 3.63) is 69.5 Å². The molecule has 2 heterocycles. The molecule has 4 rings (SSSR count). The topological polar surface area (TPSA) is 127 Å². The van der Waals surface area contributed by atoms with E-state index in [2.05, 4.69) is 22.3 Å². The number of imidazole rings is 1. The number of aromatic nitrogens is 2. The molecule has 1 aliphatic heterocycles. The number of sulfone groups is 1. The van der Waals surface area contributed by atoms with E-state index < -0.39 is 21.7 Å². The van der Waals surface area contributed by atoms with Crippen molar-refractivity contribution in [2.45, 2.75) is 19.8 Å². The van der Waals surface area contributed by atoms with Gasteiger partial charge in [0.1, 0.15) is 5.82 Å². The summed E-state index contributed by atoms with van der Waals surface area (Å²) in [5.41, 5.74) is 10.7. The highest BCUT2D eigenvalue weighted by molar-refractivity contribution is 7.91. The minimum absolute atomic E-state index is 0.0237. The number of hydrogen-bond donors (Lipinski definition) is 2.